The molecule has 0 aliphatic rings. The van der Waals surface area contributed by atoms with Gasteiger partial charge in [-0.3, -0.25) is 19.7 Å². The van der Waals surface area contributed by atoms with Crippen molar-refractivity contribution in [2.45, 2.75) is 53.6 Å². The van der Waals surface area contributed by atoms with Gasteiger partial charge in [0.1, 0.15) is 11.7 Å². The van der Waals surface area contributed by atoms with Crippen molar-refractivity contribution in [3.8, 4) is 11.1 Å². The number of aromatic nitrogens is 1. The van der Waals surface area contributed by atoms with Crippen LogP contribution in [0, 0.1) is 21.4 Å². The Kier molecular flexibility index (Phi) is 9.06. The molecule has 2 aromatic carbocycles. The first kappa shape index (κ1) is 31.1. The van der Waals surface area contributed by atoms with Gasteiger partial charge in [-0.25, -0.2) is 4.79 Å². The fourth-order valence-electron chi connectivity index (χ4n) is 4.99. The van der Waals surface area contributed by atoms with Gasteiger partial charge in [-0.2, -0.15) is 0 Å². The first-order valence-electron chi connectivity index (χ1n) is 13.4. The van der Waals surface area contributed by atoms with Crippen LogP contribution in [0.1, 0.15) is 52.0 Å². The number of nitro benzene ring substituents is 1. The number of hydrogen-bond acceptors (Lipinski definition) is 5. The summed E-state index contributed by atoms with van der Waals surface area (Å²) in [4.78, 5) is 52.1. The Hall–Kier alpha value is -4.47. The molecule has 41 heavy (non-hydrogen) atoms. The first-order valence-corrected chi connectivity index (χ1v) is 13.4. The molecule has 0 spiro atoms. The number of aliphatic carboxylic acids is 1. The lowest BCUT2D eigenvalue weighted by atomic mass is 9.85. The Balaban J connectivity index is 2.13. The molecule has 10 heteroatoms. The highest BCUT2D eigenvalue weighted by Gasteiger charge is 2.38. The predicted octanol–water partition coefficient (Wildman–Crippen LogP) is 5.41. The van der Waals surface area contributed by atoms with Crippen LogP contribution in [0.5, 0.6) is 0 Å². The Morgan fingerprint density at radius 3 is 2.22 bits per heavy atom. The topological polar surface area (TPSA) is 135 Å². The van der Waals surface area contributed by atoms with E-state index < -0.39 is 34.3 Å². The summed E-state index contributed by atoms with van der Waals surface area (Å²) in [6.45, 7) is 10.8. The van der Waals surface area contributed by atoms with Gasteiger partial charge in [-0.1, -0.05) is 71.0 Å². The second-order valence-electron chi connectivity index (χ2n) is 11.7. The van der Waals surface area contributed by atoms with Crippen LogP contribution < -0.4 is 5.32 Å². The molecule has 2 N–H and O–H groups in total. The summed E-state index contributed by atoms with van der Waals surface area (Å²) in [5, 5.41) is 24.5. The number of nitrogens with zero attached hydrogens (tertiary/aromatic N) is 3. The van der Waals surface area contributed by atoms with Gasteiger partial charge in [-0.15, -0.1) is 0 Å². The minimum atomic E-state index is -1.07. The molecule has 218 valence electrons. The Bertz CT molecular complexity index is 1510. The maximum atomic E-state index is 14.1. The molecule has 2 atom stereocenters. The van der Waals surface area contributed by atoms with Gasteiger partial charge in [-0.05, 0) is 29.9 Å². The van der Waals surface area contributed by atoms with E-state index in [0.717, 1.165) is 0 Å². The van der Waals surface area contributed by atoms with Gasteiger partial charge >= 0.3 is 5.97 Å². The molecule has 3 rings (SSSR count). The smallest absolute Gasteiger partial charge is 0.331 e. The Morgan fingerprint density at radius 1 is 1.10 bits per heavy atom. The zero-order valence-corrected chi connectivity index (χ0v) is 24.8. The third kappa shape index (κ3) is 6.48. The van der Waals surface area contributed by atoms with Gasteiger partial charge in [0, 0.05) is 48.3 Å². The largest absolute Gasteiger partial charge is 0.478 e. The molecule has 0 radical (unpaired) electrons. The highest BCUT2D eigenvalue weighted by Crippen LogP contribution is 2.37. The number of fused-ring (bicyclic) bond motifs is 1. The molecule has 0 bridgehead atoms. The summed E-state index contributed by atoms with van der Waals surface area (Å²) < 4.78 is 1.68. The van der Waals surface area contributed by atoms with E-state index >= 15 is 0 Å². The second-order valence-corrected chi connectivity index (χ2v) is 11.7. The zero-order chi connectivity index (χ0) is 30.8. The van der Waals surface area contributed by atoms with E-state index in [2.05, 4.69) is 5.32 Å². The van der Waals surface area contributed by atoms with Gasteiger partial charge in [0.2, 0.25) is 5.91 Å². The van der Waals surface area contributed by atoms with Crippen molar-refractivity contribution in [2.24, 2.45) is 18.4 Å². The van der Waals surface area contributed by atoms with E-state index in [1.807, 2.05) is 65.0 Å². The Morgan fingerprint density at radius 2 is 1.71 bits per heavy atom. The predicted molar refractivity (Wildman–Crippen MR) is 159 cm³/mol. The number of aryl methyl sites for hydroxylation is 1. The van der Waals surface area contributed by atoms with Crippen LogP contribution in [0.25, 0.3) is 22.0 Å². The summed E-state index contributed by atoms with van der Waals surface area (Å²) in [6, 6.07) is 12.1. The summed E-state index contributed by atoms with van der Waals surface area (Å²) in [6.07, 6.45) is 1.55. The van der Waals surface area contributed by atoms with Crippen molar-refractivity contribution in [3.05, 3.63) is 76.0 Å². The molecule has 0 aliphatic heterocycles. The number of rotatable bonds is 9. The molecule has 0 saturated carbocycles. The number of carboxylic acid groups (broad SMARTS) is 1. The normalized spacial score (nSPS) is 13.6. The van der Waals surface area contributed by atoms with Crippen LogP contribution >= 0.6 is 0 Å². The highest BCUT2D eigenvalue weighted by atomic mass is 16.6. The molecule has 1 aromatic heterocycles. The number of nitrogens with one attached hydrogen (secondary N) is 1. The number of carboxylic acids is 1. The SMILES string of the molecule is C/C(=C\[C@H](C(C)C)N(C)C(=O)C(NC(=O)c1c(-c2ccccc2)c2cc([N+](=O)[O-])ccc2n1C)C(C)(C)C)C(=O)O. The average Bonchev–Trinajstić information content (AvgIpc) is 3.20. The van der Waals surface area contributed by atoms with Gasteiger partial charge in [0.15, 0.2) is 0 Å². The van der Waals surface area contributed by atoms with Crippen LogP contribution in [0.3, 0.4) is 0 Å². The molecule has 1 heterocycles. The molecule has 10 nitrogen and oxygen atoms in total. The van der Waals surface area contributed by atoms with E-state index in [1.165, 1.54) is 24.0 Å². The number of carbonyl (C=O) groups is 3. The highest BCUT2D eigenvalue weighted by molar-refractivity contribution is 6.11. The number of amides is 2. The van der Waals surface area contributed by atoms with E-state index in [-0.39, 0.29) is 28.8 Å². The van der Waals surface area contributed by atoms with Gasteiger partial charge in [0.25, 0.3) is 11.6 Å². The van der Waals surface area contributed by atoms with Crippen molar-refractivity contribution in [3.63, 3.8) is 0 Å². The van der Waals surface area contributed by atoms with Crippen molar-refractivity contribution in [1.82, 2.24) is 14.8 Å². The number of non-ortho nitro benzene ring substituents is 1. The van der Waals surface area contributed by atoms with E-state index in [9.17, 15) is 29.6 Å². The monoisotopic (exact) mass is 562 g/mol. The second kappa shape index (κ2) is 12.0. The number of nitro groups is 1. The maximum absolute atomic E-state index is 14.1. The minimum absolute atomic E-state index is 0.0896. The van der Waals surface area contributed by atoms with Crippen LogP contribution in [0.15, 0.2) is 60.2 Å². The summed E-state index contributed by atoms with van der Waals surface area (Å²) in [5.41, 5.74) is 1.44. The van der Waals surface area contributed by atoms with Crippen LogP contribution in [0.4, 0.5) is 5.69 Å². The third-order valence-corrected chi connectivity index (χ3v) is 7.30. The van der Waals surface area contributed by atoms with Crippen molar-refractivity contribution >= 4 is 34.4 Å². The van der Waals surface area contributed by atoms with Gasteiger partial charge in [0.05, 0.1) is 11.0 Å². The fourth-order valence-corrected chi connectivity index (χ4v) is 4.99. The number of carbonyl (C=O) groups excluding carboxylic acids is 2. The molecule has 1 unspecified atom stereocenters. The van der Waals surface area contributed by atoms with E-state index in [0.29, 0.717) is 22.0 Å². The molecule has 0 aliphatic carbocycles. The molecular formula is C31H38N4O6. The molecule has 3 aromatic rings. The lowest BCUT2D eigenvalue weighted by Gasteiger charge is -2.37. The molecule has 0 saturated heterocycles. The van der Waals surface area contributed by atoms with E-state index in [1.54, 1.807) is 30.8 Å². The van der Waals surface area contributed by atoms with Gasteiger partial charge < -0.3 is 19.9 Å². The summed E-state index contributed by atoms with van der Waals surface area (Å²) in [7, 11) is 3.32. The lowest BCUT2D eigenvalue weighted by Crippen LogP contribution is -2.56. The number of likely N-dealkylation sites (N-methyl/N-ethyl adjacent to an activating group) is 1. The lowest BCUT2D eigenvalue weighted by molar-refractivity contribution is -0.384. The first-order chi connectivity index (χ1) is 19.1. The summed E-state index contributed by atoms with van der Waals surface area (Å²) >= 11 is 0. The van der Waals surface area contributed by atoms with Crippen LogP contribution in [-0.2, 0) is 16.6 Å². The van der Waals surface area contributed by atoms with Crippen LogP contribution in [0.2, 0.25) is 0 Å². The summed E-state index contributed by atoms with van der Waals surface area (Å²) in [5.74, 6) is -2.03. The van der Waals surface area contributed by atoms with Crippen LogP contribution in [-0.4, -0.2) is 56.4 Å². The standard InChI is InChI=1S/C31H38N4O6/c1-18(2)24(16-19(3)30(38)39)34(8)29(37)27(31(4,5)6)32-28(36)26-25(20-12-10-9-11-13-20)22-17-21(35(40)41)14-15-23(22)33(26)7/h9-18,24,27H,1-8H3,(H,32,36)(H,38,39)/b19-16+/t24-,27?/m1/s1. The number of hydrogen-bond donors (Lipinski definition) is 2. The fraction of sp³-hybridized carbons (Fsp3) is 0.387. The average molecular weight is 563 g/mol. The van der Waals surface area contributed by atoms with E-state index in [4.69, 9.17) is 0 Å². The zero-order valence-electron chi connectivity index (χ0n) is 24.8. The quantitative estimate of drug-likeness (QED) is 0.203. The third-order valence-electron chi connectivity index (χ3n) is 7.30. The maximum Gasteiger partial charge on any atom is 0.331 e. The molecule has 0 fully saturated rings. The van der Waals surface area contributed by atoms with Crippen molar-refractivity contribution < 1.29 is 24.4 Å². The molecule has 2 amide bonds. The van der Waals surface area contributed by atoms with Crippen molar-refractivity contribution in [2.75, 3.05) is 7.05 Å². The minimum Gasteiger partial charge on any atom is -0.478 e. The molecular weight excluding hydrogens is 524 g/mol. The Labute approximate surface area is 239 Å². The van der Waals surface area contributed by atoms with Crippen molar-refractivity contribution in [1.29, 1.82) is 0 Å². The number of benzene rings is 2.